The molecule has 0 aliphatic rings. The van der Waals surface area contributed by atoms with Crippen molar-refractivity contribution in [2.45, 2.75) is 110 Å². The van der Waals surface area contributed by atoms with Gasteiger partial charge in [-0.1, -0.05) is 80.6 Å². The van der Waals surface area contributed by atoms with Gasteiger partial charge in [-0.2, -0.15) is 0 Å². The average Bonchev–Trinajstić information content (AvgIpc) is 2.99. The lowest BCUT2D eigenvalue weighted by molar-refractivity contribution is -0.159. The summed E-state index contributed by atoms with van der Waals surface area (Å²) in [6.07, 6.45) is 8.24. The third-order valence-electron chi connectivity index (χ3n) is 6.97. The van der Waals surface area contributed by atoms with Gasteiger partial charge >= 0.3 is 12.1 Å². The molecule has 2 rings (SSSR count). The van der Waals surface area contributed by atoms with Gasteiger partial charge in [-0.25, -0.2) is 9.59 Å². The fourth-order valence-electron chi connectivity index (χ4n) is 4.90. The number of carbonyl (C=O) groups is 4. The summed E-state index contributed by atoms with van der Waals surface area (Å²) in [7, 11) is 0. The molecule has 10 heteroatoms. The Morgan fingerprint density at radius 3 is 2.04 bits per heavy atom. The minimum Gasteiger partial charge on any atom is -0.458 e. The van der Waals surface area contributed by atoms with Crippen molar-refractivity contribution >= 4 is 23.9 Å². The largest absolute Gasteiger partial charge is 0.458 e. The maximum atomic E-state index is 14.5. The lowest BCUT2D eigenvalue weighted by Crippen LogP contribution is -2.56. The van der Waals surface area contributed by atoms with Crippen molar-refractivity contribution in [3.8, 4) is 12.3 Å². The van der Waals surface area contributed by atoms with E-state index in [2.05, 4.69) is 23.5 Å². The van der Waals surface area contributed by atoms with Crippen LogP contribution in [-0.4, -0.2) is 70.3 Å². The number of hydrogen-bond donors (Lipinski definition) is 3. The zero-order chi connectivity index (χ0) is 35.2. The third-order valence-corrected chi connectivity index (χ3v) is 6.97. The molecule has 0 fully saturated rings. The molecule has 2 aromatic carbocycles. The standard InChI is InChI=1S/C37H51N3O7/c1-9-11-12-18-23-40(33(43)30(25-41)39-35(45)47-37(6,7)8)31(28-22-17-16-21-27(28)10-2)32(42)38-29(34(44)46-36(3,4)5)24-26-19-14-13-15-20-26/h2,13-17,19-22,29-31,41H,9,11-12,18,23-25H2,1,3-8H3,(H,38,42)(H,39,45). The van der Waals surface area contributed by atoms with E-state index in [1.807, 2.05) is 30.3 Å². The Morgan fingerprint density at radius 1 is 0.851 bits per heavy atom. The molecular formula is C37H51N3O7. The molecule has 47 heavy (non-hydrogen) atoms. The van der Waals surface area contributed by atoms with E-state index in [9.17, 15) is 24.3 Å². The maximum Gasteiger partial charge on any atom is 0.408 e. The van der Waals surface area contributed by atoms with Crippen molar-refractivity contribution in [1.82, 2.24) is 15.5 Å². The fourth-order valence-corrected chi connectivity index (χ4v) is 4.90. The van der Waals surface area contributed by atoms with Crippen molar-refractivity contribution in [1.29, 1.82) is 0 Å². The van der Waals surface area contributed by atoms with Gasteiger partial charge in [-0.3, -0.25) is 9.59 Å². The number of aliphatic hydroxyl groups excluding tert-OH is 1. The summed E-state index contributed by atoms with van der Waals surface area (Å²) in [6, 6.07) is 12.1. The van der Waals surface area contributed by atoms with Crippen molar-refractivity contribution in [3.63, 3.8) is 0 Å². The quantitative estimate of drug-likeness (QED) is 0.139. The second-order valence-electron chi connectivity index (χ2n) is 13.4. The van der Waals surface area contributed by atoms with Gasteiger partial charge in [0.2, 0.25) is 11.8 Å². The van der Waals surface area contributed by atoms with Crippen LogP contribution in [0.1, 0.15) is 96.9 Å². The summed E-state index contributed by atoms with van der Waals surface area (Å²) in [6.45, 7) is 11.7. The molecule has 10 nitrogen and oxygen atoms in total. The first-order valence-corrected chi connectivity index (χ1v) is 16.1. The smallest absolute Gasteiger partial charge is 0.408 e. The number of ether oxygens (including phenoxy) is 2. The van der Waals surface area contributed by atoms with Gasteiger partial charge in [0, 0.05) is 18.5 Å². The van der Waals surface area contributed by atoms with Gasteiger partial charge in [0.15, 0.2) is 0 Å². The van der Waals surface area contributed by atoms with Crippen molar-refractivity contribution < 1.29 is 33.8 Å². The first-order chi connectivity index (χ1) is 22.1. The fraction of sp³-hybridized carbons (Fsp3) is 0.514. The first kappa shape index (κ1) is 38.8. The highest BCUT2D eigenvalue weighted by atomic mass is 16.6. The van der Waals surface area contributed by atoms with Crippen molar-refractivity contribution in [2.75, 3.05) is 13.2 Å². The van der Waals surface area contributed by atoms with Crippen LogP contribution in [0, 0.1) is 12.3 Å². The predicted octanol–water partition coefficient (Wildman–Crippen LogP) is 5.07. The number of unbranched alkanes of at least 4 members (excludes halogenated alkanes) is 3. The van der Waals surface area contributed by atoms with E-state index in [1.165, 1.54) is 4.90 Å². The molecule has 0 aromatic heterocycles. The number of terminal acetylenes is 1. The Balaban J connectivity index is 2.63. The highest BCUT2D eigenvalue weighted by Crippen LogP contribution is 2.27. The van der Waals surface area contributed by atoms with E-state index in [4.69, 9.17) is 15.9 Å². The molecule has 0 heterocycles. The zero-order valence-corrected chi connectivity index (χ0v) is 28.8. The molecule has 0 spiro atoms. The lowest BCUT2D eigenvalue weighted by Gasteiger charge is -2.35. The molecule has 0 aliphatic heterocycles. The number of rotatable bonds is 15. The van der Waals surface area contributed by atoms with Gasteiger partial charge in [-0.15, -0.1) is 6.42 Å². The molecule has 3 atom stereocenters. The van der Waals surface area contributed by atoms with E-state index < -0.39 is 59.8 Å². The van der Waals surface area contributed by atoms with Crippen LogP contribution in [-0.2, 0) is 30.3 Å². The number of alkyl carbamates (subject to hydrolysis) is 1. The summed E-state index contributed by atoms with van der Waals surface area (Å²) in [5.74, 6) is 0.582. The number of nitrogens with one attached hydrogen (secondary N) is 2. The predicted molar refractivity (Wildman–Crippen MR) is 181 cm³/mol. The van der Waals surface area contributed by atoms with E-state index in [0.29, 0.717) is 17.5 Å². The van der Waals surface area contributed by atoms with Crippen LogP contribution in [0.25, 0.3) is 0 Å². The summed E-state index contributed by atoms with van der Waals surface area (Å²) in [4.78, 5) is 56.2. The van der Waals surface area contributed by atoms with Crippen LogP contribution in [0.5, 0.6) is 0 Å². The van der Waals surface area contributed by atoms with Crippen LogP contribution < -0.4 is 10.6 Å². The minimum absolute atomic E-state index is 0.109. The van der Waals surface area contributed by atoms with Crippen molar-refractivity contribution in [2.24, 2.45) is 0 Å². The van der Waals surface area contributed by atoms with Crippen molar-refractivity contribution in [3.05, 3.63) is 71.3 Å². The molecule has 0 saturated heterocycles. The summed E-state index contributed by atoms with van der Waals surface area (Å²) >= 11 is 0. The topological polar surface area (TPSA) is 134 Å². The third kappa shape index (κ3) is 13.1. The lowest BCUT2D eigenvalue weighted by atomic mass is 9.96. The van der Waals surface area contributed by atoms with Crippen LogP contribution >= 0.6 is 0 Å². The molecule has 3 amide bonds. The molecule has 2 aromatic rings. The van der Waals surface area contributed by atoms with Gasteiger partial charge in [0.1, 0.15) is 29.3 Å². The average molecular weight is 650 g/mol. The van der Waals surface area contributed by atoms with Crippen LogP contribution in [0.2, 0.25) is 0 Å². The van der Waals surface area contributed by atoms with Gasteiger partial charge in [-0.05, 0) is 65.2 Å². The van der Waals surface area contributed by atoms with E-state index in [1.54, 1.807) is 65.8 Å². The highest BCUT2D eigenvalue weighted by Gasteiger charge is 2.39. The van der Waals surface area contributed by atoms with Gasteiger partial charge < -0.3 is 30.1 Å². The number of hydrogen-bond acceptors (Lipinski definition) is 7. The number of carbonyl (C=O) groups excluding carboxylic acids is 4. The Kier molecular flexibility index (Phi) is 15.0. The van der Waals surface area contributed by atoms with Crippen LogP contribution in [0.15, 0.2) is 54.6 Å². The summed E-state index contributed by atoms with van der Waals surface area (Å²) in [5, 5.41) is 15.6. The number of amides is 3. The van der Waals surface area contributed by atoms with E-state index >= 15 is 0 Å². The molecule has 0 radical (unpaired) electrons. The molecule has 0 bridgehead atoms. The number of esters is 1. The monoisotopic (exact) mass is 649 g/mol. The molecule has 3 unspecified atom stereocenters. The molecule has 3 N–H and O–H groups in total. The Labute approximate surface area is 279 Å². The van der Waals surface area contributed by atoms with Gasteiger partial charge in [0.25, 0.3) is 0 Å². The van der Waals surface area contributed by atoms with E-state index in [-0.39, 0.29) is 13.0 Å². The Bertz CT molecular complexity index is 1370. The SMILES string of the molecule is C#Cc1ccccc1C(C(=O)NC(Cc1ccccc1)C(=O)OC(C)(C)C)N(CCCCCC)C(=O)C(CO)NC(=O)OC(C)(C)C. The molecule has 0 saturated carbocycles. The number of aliphatic hydroxyl groups is 1. The summed E-state index contributed by atoms with van der Waals surface area (Å²) < 4.78 is 11.0. The van der Waals surface area contributed by atoms with Gasteiger partial charge in [0.05, 0.1) is 6.61 Å². The molecule has 0 aliphatic carbocycles. The normalized spacial score (nSPS) is 13.3. The van der Waals surface area contributed by atoms with Crippen LogP contribution in [0.3, 0.4) is 0 Å². The minimum atomic E-state index is -1.42. The highest BCUT2D eigenvalue weighted by molar-refractivity contribution is 5.94. The first-order valence-electron chi connectivity index (χ1n) is 16.1. The summed E-state index contributed by atoms with van der Waals surface area (Å²) in [5.41, 5.74) is -0.158. The maximum absolute atomic E-state index is 14.5. The second kappa shape index (κ2) is 18.1. The van der Waals surface area contributed by atoms with Crippen LogP contribution in [0.4, 0.5) is 4.79 Å². The zero-order valence-electron chi connectivity index (χ0n) is 28.8. The van der Waals surface area contributed by atoms with E-state index in [0.717, 1.165) is 24.8 Å². The Morgan fingerprint density at radius 2 is 1.47 bits per heavy atom. The molecule has 256 valence electrons. The second-order valence-corrected chi connectivity index (χ2v) is 13.4. The number of nitrogens with zero attached hydrogens (tertiary/aromatic N) is 1. The Hall–Kier alpha value is -4.36. The number of benzene rings is 2. The molecular weight excluding hydrogens is 598 g/mol.